The molecule has 1 fully saturated rings. The van der Waals surface area contributed by atoms with Gasteiger partial charge in [0.05, 0.1) is 0 Å². The smallest absolute Gasteiger partial charge is 0.253 e. The van der Waals surface area contributed by atoms with E-state index in [1.54, 1.807) is 0 Å². The van der Waals surface area contributed by atoms with Gasteiger partial charge in [-0.3, -0.25) is 9.59 Å². The Morgan fingerprint density at radius 1 is 1.29 bits per heavy atom. The zero-order valence-electron chi connectivity index (χ0n) is 12.5. The first-order valence-corrected chi connectivity index (χ1v) is 8.14. The van der Waals surface area contributed by atoms with Crippen LogP contribution in [0.2, 0.25) is 0 Å². The lowest BCUT2D eigenvalue weighted by molar-refractivity contribution is -0.126. The zero-order valence-corrected chi connectivity index (χ0v) is 14.1. The van der Waals surface area contributed by atoms with Gasteiger partial charge in [0.15, 0.2) is 0 Å². The third-order valence-electron chi connectivity index (χ3n) is 3.79. The van der Waals surface area contributed by atoms with Crippen LogP contribution >= 0.6 is 15.9 Å². The van der Waals surface area contributed by atoms with Gasteiger partial charge in [-0.2, -0.15) is 0 Å². The van der Waals surface area contributed by atoms with Crippen molar-refractivity contribution in [3.63, 3.8) is 0 Å². The molecule has 0 spiro atoms. The molecule has 1 heterocycles. The number of amides is 2. The molecule has 1 saturated heterocycles. The summed E-state index contributed by atoms with van der Waals surface area (Å²) >= 11 is 3.43. The Hall–Kier alpha value is -1.36. The molecule has 4 nitrogen and oxygen atoms in total. The fraction of sp³-hybridized carbons (Fsp3) is 0.500. The molecule has 0 aromatic heterocycles. The first-order valence-electron chi connectivity index (χ1n) is 7.35. The van der Waals surface area contributed by atoms with E-state index >= 15 is 0 Å². The van der Waals surface area contributed by atoms with Crippen molar-refractivity contribution in [2.75, 3.05) is 19.6 Å². The summed E-state index contributed by atoms with van der Waals surface area (Å²) in [6.45, 7) is 5.85. The highest BCUT2D eigenvalue weighted by molar-refractivity contribution is 9.10. The Kier molecular flexibility index (Phi) is 5.39. The number of likely N-dealkylation sites (tertiary alicyclic amines) is 1. The average molecular weight is 353 g/mol. The quantitative estimate of drug-likeness (QED) is 0.909. The maximum absolute atomic E-state index is 12.5. The van der Waals surface area contributed by atoms with Crippen LogP contribution in [-0.4, -0.2) is 36.3 Å². The molecule has 0 saturated carbocycles. The summed E-state index contributed by atoms with van der Waals surface area (Å²) in [5.41, 5.74) is 1.77. The predicted molar refractivity (Wildman–Crippen MR) is 86.2 cm³/mol. The van der Waals surface area contributed by atoms with Crippen LogP contribution in [0.25, 0.3) is 0 Å². The maximum Gasteiger partial charge on any atom is 0.253 e. The van der Waals surface area contributed by atoms with Gasteiger partial charge in [0.1, 0.15) is 0 Å². The van der Waals surface area contributed by atoms with Crippen LogP contribution in [-0.2, 0) is 4.79 Å². The highest BCUT2D eigenvalue weighted by atomic mass is 79.9. The van der Waals surface area contributed by atoms with Crippen molar-refractivity contribution in [2.24, 2.45) is 5.92 Å². The van der Waals surface area contributed by atoms with E-state index in [1.165, 1.54) is 0 Å². The number of piperidine rings is 1. The maximum atomic E-state index is 12.5. The second kappa shape index (κ2) is 7.07. The van der Waals surface area contributed by atoms with Crippen LogP contribution in [0.5, 0.6) is 0 Å². The molecular weight excluding hydrogens is 332 g/mol. The molecule has 21 heavy (non-hydrogen) atoms. The summed E-state index contributed by atoms with van der Waals surface area (Å²) in [5, 5.41) is 2.86. The number of hydrogen-bond acceptors (Lipinski definition) is 2. The first kappa shape index (κ1) is 16.0. The van der Waals surface area contributed by atoms with E-state index in [0.717, 1.165) is 22.9 Å². The predicted octanol–water partition coefficient (Wildman–Crippen LogP) is 2.75. The molecule has 1 aliphatic heterocycles. The van der Waals surface area contributed by atoms with Crippen molar-refractivity contribution < 1.29 is 9.59 Å². The zero-order chi connectivity index (χ0) is 15.4. The van der Waals surface area contributed by atoms with Gasteiger partial charge in [-0.1, -0.05) is 15.9 Å². The van der Waals surface area contributed by atoms with Crippen LogP contribution < -0.4 is 5.32 Å². The molecule has 2 amide bonds. The number of nitrogens with zero attached hydrogens (tertiary/aromatic N) is 1. The topological polar surface area (TPSA) is 49.4 Å². The average Bonchev–Trinajstić information content (AvgIpc) is 2.46. The Bertz CT molecular complexity index is 517. The molecule has 0 bridgehead atoms. The number of carbonyl (C=O) groups excluding carboxylic acids is 2. The second-order valence-electron chi connectivity index (χ2n) is 5.48. The number of nitrogens with one attached hydrogen (secondary N) is 1. The Labute approximate surface area is 134 Å². The van der Waals surface area contributed by atoms with E-state index in [9.17, 15) is 9.59 Å². The Balaban J connectivity index is 1.98. The largest absolute Gasteiger partial charge is 0.356 e. The summed E-state index contributed by atoms with van der Waals surface area (Å²) < 4.78 is 0.919. The molecule has 0 aliphatic carbocycles. The molecule has 1 aromatic rings. The van der Waals surface area contributed by atoms with Gasteiger partial charge in [-0.25, -0.2) is 0 Å². The van der Waals surface area contributed by atoms with Gasteiger partial charge < -0.3 is 10.2 Å². The van der Waals surface area contributed by atoms with Gasteiger partial charge in [0.2, 0.25) is 5.91 Å². The van der Waals surface area contributed by atoms with Crippen LogP contribution in [0.15, 0.2) is 22.7 Å². The van der Waals surface area contributed by atoms with Crippen molar-refractivity contribution in [1.82, 2.24) is 10.2 Å². The third-order valence-corrected chi connectivity index (χ3v) is 4.25. The normalized spacial score (nSPS) is 15.9. The minimum atomic E-state index is 0.0400. The van der Waals surface area contributed by atoms with Gasteiger partial charge in [0.25, 0.3) is 5.91 Å². The van der Waals surface area contributed by atoms with Crippen molar-refractivity contribution in [3.05, 3.63) is 33.8 Å². The van der Waals surface area contributed by atoms with E-state index in [-0.39, 0.29) is 17.7 Å². The lowest BCUT2D eigenvalue weighted by Gasteiger charge is -2.31. The summed E-state index contributed by atoms with van der Waals surface area (Å²) in [5.74, 6) is 0.204. The number of benzene rings is 1. The molecule has 0 atom stereocenters. The Morgan fingerprint density at radius 2 is 1.95 bits per heavy atom. The number of hydrogen-bond donors (Lipinski definition) is 1. The van der Waals surface area contributed by atoms with Gasteiger partial charge in [-0.15, -0.1) is 0 Å². The monoisotopic (exact) mass is 352 g/mol. The third kappa shape index (κ3) is 4.06. The van der Waals surface area contributed by atoms with Crippen molar-refractivity contribution >= 4 is 27.7 Å². The van der Waals surface area contributed by atoms with E-state index in [0.29, 0.717) is 25.2 Å². The van der Waals surface area contributed by atoms with E-state index in [2.05, 4.69) is 21.2 Å². The molecule has 0 radical (unpaired) electrons. The molecule has 1 aromatic carbocycles. The SMILES string of the molecule is CCNC(=O)C1CCN(C(=O)c2cc(C)cc(Br)c2)CC1. The second-order valence-corrected chi connectivity index (χ2v) is 6.39. The van der Waals surface area contributed by atoms with Crippen molar-refractivity contribution in [3.8, 4) is 0 Å². The summed E-state index contributed by atoms with van der Waals surface area (Å²) in [4.78, 5) is 26.2. The van der Waals surface area contributed by atoms with Crippen LogP contribution in [0.3, 0.4) is 0 Å². The minimum absolute atomic E-state index is 0.0400. The first-order chi connectivity index (χ1) is 10.0. The number of carbonyl (C=O) groups is 2. The highest BCUT2D eigenvalue weighted by Gasteiger charge is 2.27. The fourth-order valence-electron chi connectivity index (χ4n) is 2.71. The summed E-state index contributed by atoms with van der Waals surface area (Å²) in [6, 6.07) is 5.74. The van der Waals surface area contributed by atoms with Gasteiger partial charge in [0, 0.05) is 35.6 Å². The number of halogens is 1. The molecular formula is C16H21BrN2O2. The molecule has 1 aliphatic rings. The number of rotatable bonds is 3. The molecule has 5 heteroatoms. The van der Waals surface area contributed by atoms with Gasteiger partial charge >= 0.3 is 0 Å². The molecule has 0 unspecified atom stereocenters. The molecule has 1 N–H and O–H groups in total. The Morgan fingerprint density at radius 3 is 2.52 bits per heavy atom. The highest BCUT2D eigenvalue weighted by Crippen LogP contribution is 2.21. The lowest BCUT2D eigenvalue weighted by Crippen LogP contribution is -2.43. The summed E-state index contributed by atoms with van der Waals surface area (Å²) in [7, 11) is 0. The van der Waals surface area contributed by atoms with Crippen molar-refractivity contribution in [1.29, 1.82) is 0 Å². The number of aryl methyl sites for hydroxylation is 1. The van der Waals surface area contributed by atoms with Crippen LogP contribution in [0, 0.1) is 12.8 Å². The molecule has 114 valence electrons. The van der Waals surface area contributed by atoms with Crippen molar-refractivity contribution in [2.45, 2.75) is 26.7 Å². The van der Waals surface area contributed by atoms with E-state index in [4.69, 9.17) is 0 Å². The van der Waals surface area contributed by atoms with Gasteiger partial charge in [-0.05, 0) is 50.5 Å². The fourth-order valence-corrected chi connectivity index (χ4v) is 3.31. The summed E-state index contributed by atoms with van der Waals surface area (Å²) in [6.07, 6.45) is 1.48. The van der Waals surface area contributed by atoms with E-state index < -0.39 is 0 Å². The minimum Gasteiger partial charge on any atom is -0.356 e. The van der Waals surface area contributed by atoms with Crippen LogP contribution in [0.1, 0.15) is 35.7 Å². The standard InChI is InChI=1S/C16H21BrN2O2/c1-3-18-15(20)12-4-6-19(7-5-12)16(21)13-8-11(2)9-14(17)10-13/h8-10,12H,3-7H2,1-2H3,(H,18,20). The molecule has 2 rings (SSSR count). The lowest BCUT2D eigenvalue weighted by atomic mass is 9.95. The van der Waals surface area contributed by atoms with E-state index in [1.807, 2.05) is 36.9 Å². The van der Waals surface area contributed by atoms with Crippen LogP contribution in [0.4, 0.5) is 0 Å².